The first-order valence-electron chi connectivity index (χ1n) is 8.74. The monoisotopic (exact) mass is 381 g/mol. The first kappa shape index (κ1) is 22.2. The van der Waals surface area contributed by atoms with E-state index in [1.54, 1.807) is 20.8 Å². The molecule has 2 amide bonds. The zero-order chi connectivity index (χ0) is 20.3. The van der Waals surface area contributed by atoms with Gasteiger partial charge in [-0.1, -0.05) is 0 Å². The fourth-order valence-electron chi connectivity index (χ4n) is 1.89. The second-order valence-electron chi connectivity index (χ2n) is 6.61. The molecule has 0 saturated heterocycles. The molecule has 0 fully saturated rings. The number of benzene rings is 1. The zero-order valence-corrected chi connectivity index (χ0v) is 16.2. The predicted molar refractivity (Wildman–Crippen MR) is 103 cm³/mol. The van der Waals surface area contributed by atoms with Crippen molar-refractivity contribution in [1.29, 1.82) is 0 Å². The highest BCUT2D eigenvalue weighted by Crippen LogP contribution is 2.08. The van der Waals surface area contributed by atoms with E-state index >= 15 is 0 Å². The predicted octanol–water partition coefficient (Wildman–Crippen LogP) is 1.84. The van der Waals surface area contributed by atoms with Gasteiger partial charge < -0.3 is 26.0 Å². The molecule has 0 aliphatic carbocycles. The molecule has 1 rings (SSSR count). The Kier molecular flexibility index (Phi) is 9.04. The van der Waals surface area contributed by atoms with Crippen molar-refractivity contribution in [3.05, 3.63) is 30.1 Å². The number of anilines is 1. The lowest BCUT2D eigenvalue weighted by Gasteiger charge is -2.19. The summed E-state index contributed by atoms with van der Waals surface area (Å²) in [5, 5.41) is 11.3. The molecule has 9 heteroatoms. The summed E-state index contributed by atoms with van der Waals surface area (Å²) in [5.74, 6) is -0.256. The average Bonchev–Trinajstić information content (AvgIpc) is 2.57. The Morgan fingerprint density at radius 1 is 1.07 bits per heavy atom. The highest BCUT2D eigenvalue weighted by molar-refractivity contribution is 5.94. The normalized spacial score (nSPS) is 11.5. The Hall–Kier alpha value is -2.84. The van der Waals surface area contributed by atoms with E-state index in [1.807, 2.05) is 6.92 Å². The molecule has 0 aromatic heterocycles. The molecule has 0 bridgehead atoms. The number of carbonyl (C=O) groups excluding carboxylic acids is 2. The number of nitrogens with zero attached hydrogens (tertiary/aromatic N) is 1. The topological polar surface area (TPSA) is 104 Å². The van der Waals surface area contributed by atoms with Gasteiger partial charge in [-0.25, -0.2) is 14.2 Å². The van der Waals surface area contributed by atoms with Gasteiger partial charge in [0, 0.05) is 25.3 Å². The number of aliphatic imine (C=N–C) groups is 1. The van der Waals surface area contributed by atoms with Gasteiger partial charge in [-0.3, -0.25) is 4.79 Å². The Bertz CT molecular complexity index is 641. The molecular weight excluding hydrogens is 353 g/mol. The van der Waals surface area contributed by atoms with Crippen LogP contribution in [0.1, 0.15) is 27.7 Å². The summed E-state index contributed by atoms with van der Waals surface area (Å²) in [7, 11) is 0. The first-order chi connectivity index (χ1) is 12.7. The molecule has 1 aromatic carbocycles. The van der Waals surface area contributed by atoms with Gasteiger partial charge in [0.15, 0.2) is 5.96 Å². The Morgan fingerprint density at radius 2 is 1.70 bits per heavy atom. The van der Waals surface area contributed by atoms with Crippen LogP contribution in [0.5, 0.6) is 0 Å². The van der Waals surface area contributed by atoms with Crippen molar-refractivity contribution in [1.82, 2.24) is 16.0 Å². The largest absolute Gasteiger partial charge is 0.444 e. The number of guanidine groups is 1. The molecule has 0 unspecified atom stereocenters. The minimum Gasteiger partial charge on any atom is -0.444 e. The van der Waals surface area contributed by atoms with Crippen molar-refractivity contribution in [3.8, 4) is 0 Å². The van der Waals surface area contributed by atoms with Gasteiger partial charge >= 0.3 is 6.09 Å². The summed E-state index contributed by atoms with van der Waals surface area (Å²) in [5.41, 5.74) is -0.0534. The number of hydrogen-bond acceptors (Lipinski definition) is 4. The molecule has 0 saturated carbocycles. The van der Waals surface area contributed by atoms with Crippen molar-refractivity contribution in [2.45, 2.75) is 33.3 Å². The maximum absolute atomic E-state index is 12.9. The summed E-state index contributed by atoms with van der Waals surface area (Å²) in [4.78, 5) is 27.6. The van der Waals surface area contributed by atoms with Crippen LogP contribution >= 0.6 is 0 Å². The molecule has 4 N–H and O–H groups in total. The smallest absolute Gasteiger partial charge is 0.407 e. The number of amides is 2. The van der Waals surface area contributed by atoms with E-state index in [0.29, 0.717) is 31.3 Å². The number of carbonyl (C=O) groups is 2. The second-order valence-corrected chi connectivity index (χ2v) is 6.61. The molecule has 0 atom stereocenters. The van der Waals surface area contributed by atoms with Crippen LogP contribution in [-0.4, -0.2) is 49.7 Å². The average molecular weight is 381 g/mol. The van der Waals surface area contributed by atoms with E-state index in [1.165, 1.54) is 24.3 Å². The molecule has 0 radical (unpaired) electrons. The fourth-order valence-corrected chi connectivity index (χ4v) is 1.89. The lowest BCUT2D eigenvalue weighted by molar-refractivity contribution is -0.114. The van der Waals surface area contributed by atoms with Gasteiger partial charge in [-0.15, -0.1) is 0 Å². The van der Waals surface area contributed by atoms with E-state index in [0.717, 1.165) is 0 Å². The molecule has 0 aliphatic rings. The molecule has 1 aromatic rings. The van der Waals surface area contributed by atoms with Gasteiger partial charge in [0.25, 0.3) is 0 Å². The second kappa shape index (κ2) is 11.0. The number of alkyl carbamates (subject to hydrolysis) is 1. The van der Waals surface area contributed by atoms with Crippen LogP contribution in [-0.2, 0) is 9.53 Å². The third kappa shape index (κ3) is 10.7. The molecule has 0 spiro atoms. The molecule has 0 aliphatic heterocycles. The lowest BCUT2D eigenvalue weighted by Crippen LogP contribution is -2.42. The molecular formula is C18H28FN5O3. The SMILES string of the molecule is CCNC(=NCC(=O)Nc1ccc(F)cc1)NCCNC(=O)OC(C)(C)C. The van der Waals surface area contributed by atoms with E-state index in [4.69, 9.17) is 4.74 Å². The molecule has 27 heavy (non-hydrogen) atoms. The third-order valence-corrected chi connectivity index (χ3v) is 2.94. The Balaban J connectivity index is 2.39. The summed E-state index contributed by atoms with van der Waals surface area (Å²) in [6, 6.07) is 5.48. The van der Waals surface area contributed by atoms with E-state index < -0.39 is 11.7 Å². The van der Waals surface area contributed by atoms with Crippen LogP contribution in [0.3, 0.4) is 0 Å². The number of nitrogens with one attached hydrogen (secondary N) is 4. The van der Waals surface area contributed by atoms with E-state index in [2.05, 4.69) is 26.3 Å². The van der Waals surface area contributed by atoms with Crippen molar-refractivity contribution in [2.75, 3.05) is 31.5 Å². The summed E-state index contributed by atoms with van der Waals surface area (Å²) < 4.78 is 18.0. The van der Waals surface area contributed by atoms with E-state index in [-0.39, 0.29) is 18.3 Å². The van der Waals surface area contributed by atoms with Crippen LogP contribution in [0.25, 0.3) is 0 Å². The number of ether oxygens (including phenoxy) is 1. The summed E-state index contributed by atoms with van der Waals surface area (Å²) in [6.07, 6.45) is -0.495. The minimum atomic E-state index is -0.550. The zero-order valence-electron chi connectivity index (χ0n) is 16.2. The van der Waals surface area contributed by atoms with Gasteiger partial charge in [0.1, 0.15) is 18.0 Å². The summed E-state index contributed by atoms with van der Waals surface area (Å²) in [6.45, 7) is 8.52. The van der Waals surface area contributed by atoms with E-state index in [9.17, 15) is 14.0 Å². The van der Waals surface area contributed by atoms with Crippen LogP contribution in [0, 0.1) is 5.82 Å². The van der Waals surface area contributed by atoms with Gasteiger partial charge in [0.2, 0.25) is 5.91 Å². The Labute approximate surface area is 159 Å². The van der Waals surface area contributed by atoms with Crippen LogP contribution in [0.15, 0.2) is 29.3 Å². The number of halogens is 1. The van der Waals surface area contributed by atoms with Gasteiger partial charge in [-0.2, -0.15) is 0 Å². The fraction of sp³-hybridized carbons (Fsp3) is 0.500. The maximum Gasteiger partial charge on any atom is 0.407 e. The van der Waals surface area contributed by atoms with Crippen molar-refractivity contribution in [2.24, 2.45) is 4.99 Å². The van der Waals surface area contributed by atoms with Crippen LogP contribution in [0.4, 0.5) is 14.9 Å². The molecule has 150 valence electrons. The van der Waals surface area contributed by atoms with Gasteiger partial charge in [-0.05, 0) is 52.0 Å². The maximum atomic E-state index is 12.9. The lowest BCUT2D eigenvalue weighted by atomic mass is 10.2. The summed E-state index contributed by atoms with van der Waals surface area (Å²) >= 11 is 0. The quantitative estimate of drug-likeness (QED) is 0.328. The highest BCUT2D eigenvalue weighted by atomic mass is 19.1. The standard InChI is InChI=1S/C18H28FN5O3/c1-5-20-16(21-10-11-22-17(26)27-18(2,3)4)23-12-15(25)24-14-8-6-13(19)7-9-14/h6-9H,5,10-12H2,1-4H3,(H,22,26)(H,24,25)(H2,20,21,23). The number of hydrogen-bond donors (Lipinski definition) is 4. The van der Waals surface area contributed by atoms with Gasteiger partial charge in [0.05, 0.1) is 0 Å². The first-order valence-corrected chi connectivity index (χ1v) is 8.74. The third-order valence-electron chi connectivity index (χ3n) is 2.94. The molecule has 8 nitrogen and oxygen atoms in total. The highest BCUT2D eigenvalue weighted by Gasteiger charge is 2.15. The minimum absolute atomic E-state index is 0.105. The van der Waals surface area contributed by atoms with Crippen LogP contribution < -0.4 is 21.3 Å². The van der Waals surface area contributed by atoms with Crippen molar-refractivity contribution in [3.63, 3.8) is 0 Å². The van der Waals surface area contributed by atoms with Crippen molar-refractivity contribution >= 4 is 23.6 Å². The molecule has 0 heterocycles. The van der Waals surface area contributed by atoms with Crippen molar-refractivity contribution < 1.29 is 18.7 Å². The number of rotatable bonds is 7. The van der Waals surface area contributed by atoms with Crippen LogP contribution in [0.2, 0.25) is 0 Å². The Morgan fingerprint density at radius 3 is 2.30 bits per heavy atom.